The van der Waals surface area contributed by atoms with Gasteiger partial charge in [0.25, 0.3) is 0 Å². The van der Waals surface area contributed by atoms with Gasteiger partial charge < -0.3 is 31.9 Å². The fraction of sp³-hybridized carbons (Fsp3) is 0.917. The maximum absolute atomic E-state index is 3.58. The molecule has 2 aliphatic heterocycles. The van der Waals surface area contributed by atoms with E-state index in [2.05, 4.69) is 53.5 Å². The lowest BCUT2D eigenvalue weighted by atomic mass is 10.3. The third kappa shape index (κ3) is 15.9. The van der Waals surface area contributed by atoms with Crippen LogP contribution in [-0.2, 0) is 0 Å². The Morgan fingerprint density at radius 1 is 0.375 bits per heavy atom. The van der Waals surface area contributed by atoms with Crippen LogP contribution in [0.2, 0.25) is 0 Å². The first kappa shape index (κ1) is 27.5. The minimum Gasteiger partial charge on any atom is -0.315 e. The summed E-state index contributed by atoms with van der Waals surface area (Å²) in [4.78, 5) is 5.02. The van der Waals surface area contributed by atoms with Gasteiger partial charge in [0.2, 0.25) is 0 Å². The predicted molar refractivity (Wildman–Crippen MR) is 136 cm³/mol. The van der Waals surface area contributed by atoms with Crippen molar-refractivity contribution in [2.75, 3.05) is 118 Å². The van der Waals surface area contributed by atoms with E-state index >= 15 is 0 Å². The van der Waals surface area contributed by atoms with Gasteiger partial charge in [-0.25, -0.2) is 0 Å². The molecule has 0 spiro atoms. The topological polar surface area (TPSA) is 78.7 Å². The van der Waals surface area contributed by atoms with Crippen molar-refractivity contribution in [3.05, 3.63) is 0 Å². The molecule has 0 aromatic carbocycles. The van der Waals surface area contributed by atoms with Gasteiger partial charge in [-0.1, -0.05) is 11.8 Å². The Balaban J connectivity index is 1.71. The third-order valence-electron chi connectivity index (χ3n) is 5.97. The molecule has 2 fully saturated rings. The van der Waals surface area contributed by atoms with E-state index in [0.717, 1.165) is 118 Å². The number of rotatable bonds is 2. The van der Waals surface area contributed by atoms with Crippen LogP contribution in [0.1, 0.15) is 25.7 Å². The maximum atomic E-state index is 3.58. The number of hydrogen-bond acceptors (Lipinski definition) is 8. The molecule has 0 saturated carbocycles. The van der Waals surface area contributed by atoms with Gasteiger partial charge in [-0.15, -0.1) is 0 Å². The van der Waals surface area contributed by atoms with Crippen molar-refractivity contribution in [3.8, 4) is 11.8 Å². The minimum absolute atomic E-state index is 0.879. The maximum Gasteiger partial charge on any atom is 0.0602 e. The SMILES string of the molecule is C(#CCN1CCCNCCNCCCNCC1)CN1CCCNCCNCCCNCC1. The van der Waals surface area contributed by atoms with E-state index in [1.54, 1.807) is 0 Å². The van der Waals surface area contributed by atoms with E-state index in [4.69, 9.17) is 0 Å². The molecular weight excluding hydrogens is 400 g/mol. The van der Waals surface area contributed by atoms with Crippen molar-refractivity contribution >= 4 is 0 Å². The van der Waals surface area contributed by atoms with E-state index in [9.17, 15) is 0 Å². The molecule has 0 aliphatic carbocycles. The number of hydrogen-bond donors (Lipinski definition) is 6. The van der Waals surface area contributed by atoms with Crippen molar-refractivity contribution < 1.29 is 0 Å². The van der Waals surface area contributed by atoms with Crippen LogP contribution in [0.15, 0.2) is 0 Å². The van der Waals surface area contributed by atoms with Crippen LogP contribution in [0.3, 0.4) is 0 Å². The van der Waals surface area contributed by atoms with E-state index in [1.807, 2.05) is 0 Å². The molecule has 8 heteroatoms. The lowest BCUT2D eigenvalue weighted by Gasteiger charge is -2.22. The molecule has 0 bridgehead atoms. The first-order chi connectivity index (χ1) is 15.9. The zero-order valence-corrected chi connectivity index (χ0v) is 20.5. The molecule has 2 saturated heterocycles. The van der Waals surface area contributed by atoms with E-state index < -0.39 is 0 Å². The quantitative estimate of drug-likeness (QED) is 0.291. The molecule has 0 unspecified atom stereocenters. The molecule has 0 amide bonds. The molecule has 0 aromatic rings. The molecule has 2 aliphatic rings. The molecule has 8 nitrogen and oxygen atoms in total. The van der Waals surface area contributed by atoms with Crippen molar-refractivity contribution in [1.82, 2.24) is 41.7 Å². The first-order valence-corrected chi connectivity index (χ1v) is 13.1. The molecular formula is C24H50N8. The number of nitrogens with zero attached hydrogens (tertiary/aromatic N) is 2. The molecule has 2 rings (SSSR count). The van der Waals surface area contributed by atoms with Gasteiger partial charge in [-0.05, 0) is 65.0 Å². The van der Waals surface area contributed by atoms with Gasteiger partial charge in [-0.2, -0.15) is 0 Å². The van der Waals surface area contributed by atoms with Crippen molar-refractivity contribution in [2.45, 2.75) is 25.7 Å². The highest BCUT2D eigenvalue weighted by Crippen LogP contribution is 1.93. The minimum atomic E-state index is 0.879. The van der Waals surface area contributed by atoms with Crippen LogP contribution in [-0.4, -0.2) is 128 Å². The van der Waals surface area contributed by atoms with Gasteiger partial charge in [0, 0.05) is 65.4 Å². The Morgan fingerprint density at radius 2 is 0.719 bits per heavy atom. The summed E-state index contributed by atoms with van der Waals surface area (Å²) < 4.78 is 0. The average molecular weight is 451 g/mol. The molecule has 2 heterocycles. The Morgan fingerprint density at radius 3 is 1.12 bits per heavy atom. The summed E-state index contributed by atoms with van der Waals surface area (Å²) in [5, 5.41) is 21.2. The van der Waals surface area contributed by atoms with Gasteiger partial charge in [-0.3, -0.25) is 9.80 Å². The highest BCUT2D eigenvalue weighted by Gasteiger charge is 2.05. The summed E-state index contributed by atoms with van der Waals surface area (Å²) in [5.74, 6) is 6.95. The van der Waals surface area contributed by atoms with Gasteiger partial charge >= 0.3 is 0 Å². The molecule has 6 N–H and O–H groups in total. The van der Waals surface area contributed by atoms with Crippen LogP contribution in [0, 0.1) is 11.8 Å². The summed E-state index contributed by atoms with van der Waals surface area (Å²) >= 11 is 0. The second-order valence-electron chi connectivity index (χ2n) is 8.82. The summed E-state index contributed by atoms with van der Waals surface area (Å²) in [6, 6.07) is 0. The molecule has 0 atom stereocenters. The molecule has 186 valence electrons. The summed E-state index contributed by atoms with van der Waals surface area (Å²) in [7, 11) is 0. The lowest BCUT2D eigenvalue weighted by Crippen LogP contribution is -2.37. The zero-order valence-electron chi connectivity index (χ0n) is 20.5. The Kier molecular flexibility index (Phi) is 17.9. The lowest BCUT2D eigenvalue weighted by molar-refractivity contribution is 0.294. The second kappa shape index (κ2) is 20.8. The molecule has 32 heavy (non-hydrogen) atoms. The normalized spacial score (nSPS) is 23.9. The Hall–Kier alpha value is -0.760. The predicted octanol–water partition coefficient (Wildman–Crippen LogP) is -1.28. The molecule has 0 radical (unpaired) electrons. The van der Waals surface area contributed by atoms with E-state index in [1.165, 1.54) is 25.7 Å². The summed E-state index contributed by atoms with van der Waals surface area (Å²) in [6.45, 7) is 19.1. The van der Waals surface area contributed by atoms with E-state index in [-0.39, 0.29) is 0 Å². The fourth-order valence-corrected chi connectivity index (χ4v) is 3.99. The average Bonchev–Trinajstić information content (AvgIpc) is 2.81. The highest BCUT2D eigenvalue weighted by atomic mass is 15.1. The van der Waals surface area contributed by atoms with Gasteiger partial charge in [0.1, 0.15) is 0 Å². The third-order valence-corrected chi connectivity index (χ3v) is 5.97. The van der Waals surface area contributed by atoms with Crippen LogP contribution in [0.4, 0.5) is 0 Å². The van der Waals surface area contributed by atoms with Crippen LogP contribution in [0.5, 0.6) is 0 Å². The standard InChI is InChI=1S/C24H50N8/c1(19-31-21-5-11-27-15-13-25-7-3-9-29-17-23-31)2-20-32-22-6-12-28-16-14-26-8-4-10-30-18-24-32/h25-30H,3-24H2. The smallest absolute Gasteiger partial charge is 0.0602 e. The highest BCUT2D eigenvalue weighted by molar-refractivity contribution is 5.03. The first-order valence-electron chi connectivity index (χ1n) is 13.1. The Bertz CT molecular complexity index is 410. The number of nitrogens with one attached hydrogen (secondary N) is 6. The Labute approximate surface area is 197 Å². The van der Waals surface area contributed by atoms with Gasteiger partial charge in [0.05, 0.1) is 13.1 Å². The molecule has 0 aromatic heterocycles. The fourth-order valence-electron chi connectivity index (χ4n) is 3.99. The van der Waals surface area contributed by atoms with Crippen molar-refractivity contribution in [2.24, 2.45) is 0 Å². The summed E-state index contributed by atoms with van der Waals surface area (Å²) in [6.07, 6.45) is 4.75. The van der Waals surface area contributed by atoms with Crippen LogP contribution in [0.25, 0.3) is 0 Å². The summed E-state index contributed by atoms with van der Waals surface area (Å²) in [5.41, 5.74) is 0. The van der Waals surface area contributed by atoms with E-state index in [0.29, 0.717) is 0 Å². The largest absolute Gasteiger partial charge is 0.315 e. The van der Waals surface area contributed by atoms with Gasteiger partial charge in [0.15, 0.2) is 0 Å². The van der Waals surface area contributed by atoms with Crippen LogP contribution >= 0.6 is 0 Å². The van der Waals surface area contributed by atoms with Crippen molar-refractivity contribution in [1.29, 1.82) is 0 Å². The second-order valence-corrected chi connectivity index (χ2v) is 8.82. The van der Waals surface area contributed by atoms with Crippen LogP contribution < -0.4 is 31.9 Å². The van der Waals surface area contributed by atoms with Crippen molar-refractivity contribution in [3.63, 3.8) is 0 Å². The zero-order chi connectivity index (χ0) is 22.4. The monoisotopic (exact) mass is 450 g/mol.